The van der Waals surface area contributed by atoms with Gasteiger partial charge in [0.15, 0.2) is 7.28 Å². The van der Waals surface area contributed by atoms with Gasteiger partial charge in [-0.25, -0.2) is 0 Å². The van der Waals surface area contributed by atoms with E-state index in [1.807, 2.05) is 0 Å². The molecule has 2 aliphatic heterocycles. The summed E-state index contributed by atoms with van der Waals surface area (Å²) in [5.41, 5.74) is 18.6. The van der Waals surface area contributed by atoms with Crippen LogP contribution in [0.25, 0.3) is 44.2 Å². The van der Waals surface area contributed by atoms with Gasteiger partial charge in [-0.15, -0.1) is 0 Å². The first kappa shape index (κ1) is 34.0. The van der Waals surface area contributed by atoms with Crippen LogP contribution in [0, 0.1) is 0 Å². The minimum Gasteiger partial charge on any atom is -0.355 e. The van der Waals surface area contributed by atoms with Crippen LogP contribution in [0.5, 0.6) is 0 Å². The number of fused-ring (bicyclic) bond motifs is 7. The Kier molecular flexibility index (Phi) is 7.72. The molecule has 1 aliphatic carbocycles. The number of hydrogen-bond acceptors (Lipinski definition) is 2. The van der Waals surface area contributed by atoms with Gasteiger partial charge >= 0.3 is 0 Å². The minimum absolute atomic E-state index is 0.0249. The van der Waals surface area contributed by atoms with Gasteiger partial charge in [0.25, 0.3) is 0 Å². The van der Waals surface area contributed by atoms with E-state index in [0.29, 0.717) is 0 Å². The van der Waals surface area contributed by atoms with Crippen LogP contribution in [0.2, 0.25) is 0 Å². The maximum absolute atomic E-state index is 3.91. The molecule has 270 valence electrons. The molecule has 0 bridgehead atoms. The van der Waals surface area contributed by atoms with E-state index < -0.39 is 0 Å². The summed E-state index contributed by atoms with van der Waals surface area (Å²) in [5.74, 6) is 0. The molecule has 0 amide bonds. The topological polar surface area (TPSA) is 15.3 Å². The third-order valence-corrected chi connectivity index (χ3v) is 13.6. The Labute approximate surface area is 327 Å². The second-order valence-electron chi connectivity index (χ2n) is 17.8. The predicted octanol–water partition coefficient (Wildman–Crippen LogP) is 12.3. The van der Waals surface area contributed by atoms with Gasteiger partial charge in [-0.1, -0.05) is 161 Å². The van der Waals surface area contributed by atoms with E-state index in [-0.39, 0.29) is 16.4 Å². The lowest BCUT2D eigenvalue weighted by molar-refractivity contribution is 0.195. The highest BCUT2D eigenvalue weighted by molar-refractivity contribution is 6.74. The molecule has 2 atom stereocenters. The first-order valence-corrected chi connectivity index (χ1v) is 20.3. The number of benzene rings is 7. The number of nitrogens with one attached hydrogen (secondary N) is 1. The lowest BCUT2D eigenvalue weighted by Gasteiger charge is -2.51. The van der Waals surface area contributed by atoms with Crippen LogP contribution < -0.4 is 21.1 Å². The lowest BCUT2D eigenvalue weighted by atomic mass is 9.56. The number of nitrogens with zero attached hydrogens (tertiary/aromatic N) is 1. The summed E-state index contributed by atoms with van der Waals surface area (Å²) in [5, 5.41) is 6.57. The standard InChI is InChI=1S/C52H49BN2/c1-50(2,3)39-32-44-49-45(33-39)53-47-43(31-38-20-12-13-21-41(38)48(47)55(49)52(5)29-15-14-28-51(44,52)4)42-30-37(35-18-10-7-11-19-35)24-27-46(42)54-40-25-22-36(23-26-40)34-16-8-6-9-17-34/h6-13,16-27,30-33,53-54H,14-15,28-29H2,1-5H3. The SMILES string of the molecule is CC(C)(C)c1cc2c3c(c1)C1(C)CCCCC1(C)N3c1c(c(-c3cc(-c4ccccc4)ccc3Nc3ccc(-c4ccccc4)cc3)cc3ccccc13)B2. The van der Waals surface area contributed by atoms with Crippen LogP contribution in [0.4, 0.5) is 22.7 Å². The Balaban J connectivity index is 1.21. The average Bonchev–Trinajstić information content (AvgIpc) is 3.42. The number of rotatable bonds is 5. The van der Waals surface area contributed by atoms with E-state index in [0.717, 1.165) is 18.7 Å². The summed E-state index contributed by atoms with van der Waals surface area (Å²) in [6.07, 6.45) is 4.97. The highest BCUT2D eigenvalue weighted by Crippen LogP contribution is 2.62. The molecule has 0 spiro atoms. The molecule has 10 rings (SSSR count). The van der Waals surface area contributed by atoms with Gasteiger partial charge < -0.3 is 10.2 Å². The van der Waals surface area contributed by atoms with Crippen molar-refractivity contribution in [2.24, 2.45) is 0 Å². The van der Waals surface area contributed by atoms with Crippen LogP contribution in [-0.2, 0) is 10.8 Å². The molecule has 0 aromatic heterocycles. The smallest absolute Gasteiger partial charge is 0.198 e. The fourth-order valence-electron chi connectivity index (χ4n) is 10.3. The van der Waals surface area contributed by atoms with Crippen molar-refractivity contribution < 1.29 is 0 Å². The molecule has 7 aromatic rings. The minimum atomic E-state index is -0.0249. The van der Waals surface area contributed by atoms with E-state index >= 15 is 0 Å². The fourth-order valence-corrected chi connectivity index (χ4v) is 10.3. The summed E-state index contributed by atoms with van der Waals surface area (Å²) >= 11 is 0. The van der Waals surface area contributed by atoms with Crippen LogP contribution in [0.15, 0.2) is 146 Å². The first-order valence-electron chi connectivity index (χ1n) is 20.3. The fraction of sp³-hybridized carbons (Fsp3) is 0.231. The molecule has 7 aromatic carbocycles. The van der Waals surface area contributed by atoms with E-state index in [9.17, 15) is 0 Å². The first-order chi connectivity index (χ1) is 26.6. The molecule has 2 nitrogen and oxygen atoms in total. The summed E-state index contributed by atoms with van der Waals surface area (Å²) in [4.78, 5) is 2.87. The molecule has 0 saturated heterocycles. The van der Waals surface area contributed by atoms with Gasteiger partial charge in [-0.05, 0) is 105 Å². The van der Waals surface area contributed by atoms with Crippen LogP contribution in [0.3, 0.4) is 0 Å². The van der Waals surface area contributed by atoms with Gasteiger partial charge in [0.05, 0.1) is 5.54 Å². The van der Waals surface area contributed by atoms with Gasteiger partial charge in [0.1, 0.15) is 0 Å². The largest absolute Gasteiger partial charge is 0.355 e. The Bertz CT molecular complexity index is 2600. The quantitative estimate of drug-likeness (QED) is 0.179. The predicted molar refractivity (Wildman–Crippen MR) is 238 cm³/mol. The second kappa shape index (κ2) is 12.5. The van der Waals surface area contributed by atoms with Crippen LogP contribution in [0.1, 0.15) is 71.4 Å². The molecule has 1 fully saturated rings. The monoisotopic (exact) mass is 712 g/mol. The molecule has 3 heteroatoms. The Morgan fingerprint density at radius 2 is 1.24 bits per heavy atom. The normalized spacial score (nSPS) is 19.7. The molecule has 1 saturated carbocycles. The maximum atomic E-state index is 3.91. The Morgan fingerprint density at radius 3 is 1.96 bits per heavy atom. The number of hydrogen-bond donors (Lipinski definition) is 1. The van der Waals surface area contributed by atoms with E-state index in [2.05, 4.69) is 190 Å². The van der Waals surface area contributed by atoms with Crippen molar-refractivity contribution in [1.82, 2.24) is 0 Å². The van der Waals surface area contributed by atoms with Crippen molar-refractivity contribution in [2.45, 2.75) is 76.7 Å². The molecule has 0 radical (unpaired) electrons. The Morgan fingerprint density at radius 1 is 0.600 bits per heavy atom. The van der Waals surface area contributed by atoms with Gasteiger partial charge in [-0.2, -0.15) is 0 Å². The van der Waals surface area contributed by atoms with E-state index in [1.54, 1.807) is 5.56 Å². The van der Waals surface area contributed by atoms with E-state index in [1.165, 1.54) is 97.7 Å². The van der Waals surface area contributed by atoms with Crippen LogP contribution >= 0.6 is 0 Å². The highest BCUT2D eigenvalue weighted by Gasteiger charge is 2.59. The zero-order valence-electron chi connectivity index (χ0n) is 32.8. The molecule has 2 unspecified atom stereocenters. The zero-order valence-corrected chi connectivity index (χ0v) is 32.8. The van der Waals surface area contributed by atoms with Gasteiger partial charge in [0.2, 0.25) is 0 Å². The summed E-state index contributed by atoms with van der Waals surface area (Å²) in [7, 11) is 0.908. The summed E-state index contributed by atoms with van der Waals surface area (Å²) < 4.78 is 0. The van der Waals surface area contributed by atoms with Gasteiger partial charge in [0, 0.05) is 39.1 Å². The highest BCUT2D eigenvalue weighted by atomic mass is 15.3. The Hall–Kier alpha value is -5.54. The van der Waals surface area contributed by atoms with Crippen molar-refractivity contribution in [1.29, 1.82) is 0 Å². The number of anilines is 4. The molecule has 1 N–H and O–H groups in total. The molecule has 55 heavy (non-hydrogen) atoms. The van der Waals surface area contributed by atoms with Crippen molar-refractivity contribution in [3.8, 4) is 33.4 Å². The maximum Gasteiger partial charge on any atom is 0.198 e. The third kappa shape index (κ3) is 5.30. The zero-order chi connectivity index (χ0) is 37.5. The lowest BCUT2D eigenvalue weighted by Crippen LogP contribution is -2.57. The van der Waals surface area contributed by atoms with E-state index in [4.69, 9.17) is 0 Å². The second-order valence-corrected chi connectivity index (χ2v) is 17.8. The van der Waals surface area contributed by atoms with Crippen molar-refractivity contribution in [2.75, 3.05) is 10.2 Å². The molecule has 3 aliphatic rings. The van der Waals surface area contributed by atoms with Crippen molar-refractivity contribution in [3.63, 3.8) is 0 Å². The molecular formula is C52H49BN2. The van der Waals surface area contributed by atoms with Gasteiger partial charge in [-0.3, -0.25) is 0 Å². The summed E-state index contributed by atoms with van der Waals surface area (Å²) in [6.45, 7) is 12.3. The average molecular weight is 713 g/mol. The summed E-state index contributed by atoms with van der Waals surface area (Å²) in [6, 6.07) is 54.2. The van der Waals surface area contributed by atoms with Crippen molar-refractivity contribution in [3.05, 3.63) is 157 Å². The third-order valence-electron chi connectivity index (χ3n) is 13.6. The molecule has 2 heterocycles. The van der Waals surface area contributed by atoms with Crippen molar-refractivity contribution >= 4 is 51.7 Å². The molecular weight excluding hydrogens is 663 g/mol. The van der Waals surface area contributed by atoms with Crippen LogP contribution in [-0.4, -0.2) is 12.8 Å².